The maximum atomic E-state index is 12.9. The lowest BCUT2D eigenvalue weighted by Gasteiger charge is -2.25. The fourth-order valence-corrected chi connectivity index (χ4v) is 3.58. The molecule has 162 valence electrons. The molecule has 1 fully saturated rings. The van der Waals surface area contributed by atoms with Gasteiger partial charge in [-0.3, -0.25) is 14.6 Å². The molecule has 1 aromatic carbocycles. The van der Waals surface area contributed by atoms with Crippen LogP contribution in [-0.2, 0) is 9.59 Å². The zero-order valence-electron chi connectivity index (χ0n) is 17.8. The van der Waals surface area contributed by atoms with E-state index in [2.05, 4.69) is 11.6 Å². The van der Waals surface area contributed by atoms with Gasteiger partial charge in [0.25, 0.3) is 11.7 Å². The lowest BCUT2D eigenvalue weighted by Crippen LogP contribution is -2.32. The summed E-state index contributed by atoms with van der Waals surface area (Å²) in [7, 11) is 3.91. The summed E-state index contributed by atoms with van der Waals surface area (Å²) in [5.41, 5.74) is 1.25. The first-order chi connectivity index (χ1) is 14.9. The van der Waals surface area contributed by atoms with Crippen LogP contribution in [0.2, 0.25) is 0 Å². The predicted octanol–water partition coefficient (Wildman–Crippen LogP) is 3.02. The predicted molar refractivity (Wildman–Crippen MR) is 119 cm³/mol. The van der Waals surface area contributed by atoms with Crippen LogP contribution in [0, 0.1) is 0 Å². The summed E-state index contributed by atoms with van der Waals surface area (Å²) < 4.78 is 5.47. The SMILES string of the molecule is C=CCOc1ccc(/C(O)=C2/C(=O)C(=O)N(CCCN(C)C)C2c2ccncc2)cc1. The minimum absolute atomic E-state index is 0.0841. The Labute approximate surface area is 182 Å². The largest absolute Gasteiger partial charge is 0.507 e. The van der Waals surface area contributed by atoms with Gasteiger partial charge < -0.3 is 19.6 Å². The molecule has 1 aliphatic heterocycles. The van der Waals surface area contributed by atoms with Gasteiger partial charge in [-0.1, -0.05) is 12.7 Å². The van der Waals surface area contributed by atoms with E-state index in [0.29, 0.717) is 30.9 Å². The number of benzene rings is 1. The highest BCUT2D eigenvalue weighted by Crippen LogP contribution is 2.39. The minimum atomic E-state index is -0.684. The Balaban J connectivity index is 2.00. The van der Waals surface area contributed by atoms with E-state index in [9.17, 15) is 14.7 Å². The van der Waals surface area contributed by atoms with E-state index in [1.165, 1.54) is 4.90 Å². The summed E-state index contributed by atoms with van der Waals surface area (Å²) in [5.74, 6) is -0.874. The zero-order chi connectivity index (χ0) is 22.4. The zero-order valence-corrected chi connectivity index (χ0v) is 17.8. The second kappa shape index (κ2) is 10.0. The van der Waals surface area contributed by atoms with Crippen LogP contribution >= 0.6 is 0 Å². The molecule has 1 amide bonds. The molecule has 0 bridgehead atoms. The molecule has 0 spiro atoms. The number of aliphatic hydroxyl groups excluding tert-OH is 1. The van der Waals surface area contributed by atoms with Crippen LogP contribution in [0.3, 0.4) is 0 Å². The molecular weight excluding hydrogens is 394 g/mol. The number of ketones is 1. The van der Waals surface area contributed by atoms with Crippen molar-refractivity contribution < 1.29 is 19.4 Å². The van der Waals surface area contributed by atoms with Gasteiger partial charge in [-0.25, -0.2) is 0 Å². The second-order valence-electron chi connectivity index (χ2n) is 7.55. The number of Topliss-reactive ketones (excluding diaryl/α,β-unsaturated/α-hetero) is 1. The van der Waals surface area contributed by atoms with Gasteiger partial charge in [0.2, 0.25) is 0 Å². The highest BCUT2D eigenvalue weighted by Gasteiger charge is 2.45. The summed E-state index contributed by atoms with van der Waals surface area (Å²) in [5, 5.41) is 11.0. The van der Waals surface area contributed by atoms with Gasteiger partial charge in [-0.05, 0) is 69.0 Å². The third kappa shape index (κ3) is 5.00. The summed E-state index contributed by atoms with van der Waals surface area (Å²) >= 11 is 0. The second-order valence-corrected chi connectivity index (χ2v) is 7.55. The Morgan fingerprint density at radius 3 is 2.48 bits per heavy atom. The Morgan fingerprint density at radius 1 is 1.19 bits per heavy atom. The van der Waals surface area contributed by atoms with Crippen LogP contribution in [0.1, 0.15) is 23.6 Å². The molecule has 2 heterocycles. The monoisotopic (exact) mass is 421 g/mol. The standard InChI is InChI=1S/C24H27N3O4/c1-4-16-31-19-8-6-18(7-9-19)22(28)20-21(17-10-12-25-13-11-17)27(24(30)23(20)29)15-5-14-26(2)3/h4,6-13,21,28H,1,5,14-16H2,2-3H3/b22-20-. The highest BCUT2D eigenvalue weighted by molar-refractivity contribution is 6.46. The number of carbonyl (C=O) groups excluding carboxylic acids is 2. The van der Waals surface area contributed by atoms with Gasteiger partial charge in [0.05, 0.1) is 11.6 Å². The number of rotatable bonds is 9. The molecule has 31 heavy (non-hydrogen) atoms. The summed E-state index contributed by atoms with van der Waals surface area (Å²) in [4.78, 5) is 33.4. The van der Waals surface area contributed by atoms with Crippen LogP contribution in [0.25, 0.3) is 5.76 Å². The van der Waals surface area contributed by atoms with Crippen molar-refractivity contribution in [3.05, 3.63) is 78.1 Å². The van der Waals surface area contributed by atoms with Gasteiger partial charge >= 0.3 is 0 Å². The van der Waals surface area contributed by atoms with Crippen LogP contribution in [0.15, 0.2) is 67.0 Å². The summed E-state index contributed by atoms with van der Waals surface area (Å²) in [6, 6.07) is 9.58. The molecule has 1 saturated heterocycles. The molecule has 0 saturated carbocycles. The normalized spacial score (nSPS) is 17.9. The molecule has 1 unspecified atom stereocenters. The molecule has 7 heteroatoms. The number of ether oxygens (including phenoxy) is 1. The average molecular weight is 421 g/mol. The smallest absolute Gasteiger partial charge is 0.295 e. The molecule has 3 rings (SSSR count). The number of likely N-dealkylation sites (tertiary alicyclic amines) is 1. The van der Waals surface area contributed by atoms with Crippen LogP contribution in [-0.4, -0.2) is 65.4 Å². The van der Waals surface area contributed by atoms with E-state index in [1.807, 2.05) is 19.0 Å². The van der Waals surface area contributed by atoms with Crippen LogP contribution in [0.4, 0.5) is 0 Å². The van der Waals surface area contributed by atoms with Gasteiger partial charge in [-0.15, -0.1) is 0 Å². The van der Waals surface area contributed by atoms with Crippen molar-refractivity contribution in [2.24, 2.45) is 0 Å². The molecule has 1 aliphatic rings. The Hall–Kier alpha value is -3.45. The first-order valence-corrected chi connectivity index (χ1v) is 10.1. The van der Waals surface area contributed by atoms with Crippen molar-refractivity contribution >= 4 is 17.4 Å². The molecule has 1 aromatic heterocycles. The highest BCUT2D eigenvalue weighted by atomic mass is 16.5. The van der Waals surface area contributed by atoms with Gasteiger partial charge in [0, 0.05) is 24.5 Å². The van der Waals surface area contributed by atoms with E-state index in [0.717, 1.165) is 12.1 Å². The van der Waals surface area contributed by atoms with Crippen molar-refractivity contribution in [3.8, 4) is 5.75 Å². The quantitative estimate of drug-likeness (QED) is 0.290. The van der Waals surface area contributed by atoms with Crippen LogP contribution < -0.4 is 4.74 Å². The first kappa shape index (κ1) is 22.2. The first-order valence-electron chi connectivity index (χ1n) is 10.1. The molecule has 1 atom stereocenters. The molecular formula is C24H27N3O4. The third-order valence-corrected chi connectivity index (χ3v) is 5.06. The van der Waals surface area contributed by atoms with E-state index in [-0.39, 0.29) is 11.3 Å². The van der Waals surface area contributed by atoms with E-state index in [1.54, 1.807) is 54.9 Å². The van der Waals surface area contributed by atoms with E-state index < -0.39 is 17.7 Å². The molecule has 0 radical (unpaired) electrons. The maximum Gasteiger partial charge on any atom is 0.295 e. The summed E-state index contributed by atoms with van der Waals surface area (Å²) in [6.07, 6.45) is 5.57. The van der Waals surface area contributed by atoms with Crippen LogP contribution in [0.5, 0.6) is 5.75 Å². The number of aromatic nitrogens is 1. The van der Waals surface area contributed by atoms with Gasteiger partial charge in [0.15, 0.2) is 0 Å². The van der Waals surface area contributed by atoms with Crippen molar-refractivity contribution in [1.29, 1.82) is 0 Å². The molecule has 2 aromatic rings. The lowest BCUT2D eigenvalue weighted by atomic mass is 9.96. The third-order valence-electron chi connectivity index (χ3n) is 5.06. The minimum Gasteiger partial charge on any atom is -0.507 e. The number of aliphatic hydroxyl groups is 1. The number of amides is 1. The maximum absolute atomic E-state index is 12.9. The van der Waals surface area contributed by atoms with E-state index in [4.69, 9.17) is 4.74 Å². The van der Waals surface area contributed by atoms with Gasteiger partial charge in [0.1, 0.15) is 18.1 Å². The number of hydrogen-bond acceptors (Lipinski definition) is 6. The number of carbonyl (C=O) groups is 2. The average Bonchev–Trinajstić information content (AvgIpc) is 3.03. The fraction of sp³-hybridized carbons (Fsp3) is 0.292. The Kier molecular flexibility index (Phi) is 7.20. The van der Waals surface area contributed by atoms with Crippen molar-refractivity contribution in [2.45, 2.75) is 12.5 Å². The molecule has 1 N–H and O–H groups in total. The molecule has 0 aliphatic carbocycles. The van der Waals surface area contributed by atoms with Crippen molar-refractivity contribution in [3.63, 3.8) is 0 Å². The number of nitrogens with zero attached hydrogens (tertiary/aromatic N) is 3. The Morgan fingerprint density at radius 2 is 1.87 bits per heavy atom. The lowest BCUT2D eigenvalue weighted by molar-refractivity contribution is -0.139. The number of hydrogen-bond donors (Lipinski definition) is 1. The van der Waals surface area contributed by atoms with E-state index >= 15 is 0 Å². The topological polar surface area (TPSA) is 83.0 Å². The Bertz CT molecular complexity index is 968. The van der Waals surface area contributed by atoms with Gasteiger partial charge in [-0.2, -0.15) is 0 Å². The molecule has 7 nitrogen and oxygen atoms in total. The summed E-state index contributed by atoms with van der Waals surface area (Å²) in [6.45, 7) is 5.16. The van der Waals surface area contributed by atoms with Crippen molar-refractivity contribution in [2.75, 3.05) is 33.8 Å². The number of pyridine rings is 1. The van der Waals surface area contributed by atoms with Crippen molar-refractivity contribution in [1.82, 2.24) is 14.8 Å². The fourth-order valence-electron chi connectivity index (χ4n) is 3.58.